The summed E-state index contributed by atoms with van der Waals surface area (Å²) in [5, 5.41) is 2.92. The van der Waals surface area contributed by atoms with E-state index >= 15 is 0 Å². The van der Waals surface area contributed by atoms with E-state index in [2.05, 4.69) is 48.3 Å². The number of carbonyl (C=O) groups is 2. The van der Waals surface area contributed by atoms with Crippen LogP contribution < -0.4 is 10.2 Å². The molecule has 0 saturated carbocycles. The predicted molar refractivity (Wildman–Crippen MR) is 105 cm³/mol. The fraction of sp³-hybridized carbons (Fsp3) is 0.333. The lowest BCUT2D eigenvalue weighted by atomic mass is 10.1. The van der Waals surface area contributed by atoms with Gasteiger partial charge in [0.1, 0.15) is 0 Å². The molecule has 3 rings (SSSR count). The molecule has 1 unspecified atom stereocenters. The van der Waals surface area contributed by atoms with Crippen LogP contribution >= 0.6 is 0 Å². The molecule has 2 aromatic rings. The van der Waals surface area contributed by atoms with Crippen LogP contribution in [0.2, 0.25) is 0 Å². The number of nitrogens with one attached hydrogen (secondary N) is 1. The van der Waals surface area contributed by atoms with Gasteiger partial charge in [-0.25, -0.2) is 4.79 Å². The standard InChI is InChI=1S/C21H25N3O2/c1-15-4-10-20(11-5-15)24-13-12-23(14-16(24)2)21(26)22-19-8-6-18(7-9-19)17(3)25/h4-11,16H,12-14H2,1-3H3,(H,22,26). The molecule has 2 aromatic carbocycles. The maximum absolute atomic E-state index is 12.5. The van der Waals surface area contributed by atoms with Crippen LogP contribution in [0.5, 0.6) is 0 Å². The Morgan fingerprint density at radius 2 is 1.65 bits per heavy atom. The fourth-order valence-electron chi connectivity index (χ4n) is 3.25. The van der Waals surface area contributed by atoms with E-state index < -0.39 is 0 Å². The number of hydrogen-bond donors (Lipinski definition) is 1. The predicted octanol–water partition coefficient (Wildman–Crippen LogP) is 3.94. The summed E-state index contributed by atoms with van der Waals surface area (Å²) in [7, 11) is 0. The van der Waals surface area contributed by atoms with Crippen molar-refractivity contribution in [1.29, 1.82) is 0 Å². The summed E-state index contributed by atoms with van der Waals surface area (Å²) in [4.78, 5) is 28.1. The zero-order chi connectivity index (χ0) is 18.7. The zero-order valence-electron chi connectivity index (χ0n) is 15.5. The molecule has 1 aliphatic heterocycles. The van der Waals surface area contributed by atoms with Gasteiger partial charge in [0.2, 0.25) is 0 Å². The van der Waals surface area contributed by atoms with Crippen molar-refractivity contribution in [1.82, 2.24) is 4.90 Å². The number of carbonyl (C=O) groups excluding carboxylic acids is 2. The van der Waals surface area contributed by atoms with E-state index in [0.717, 1.165) is 6.54 Å². The summed E-state index contributed by atoms with van der Waals surface area (Å²) >= 11 is 0. The molecule has 1 atom stereocenters. The van der Waals surface area contributed by atoms with Crippen molar-refractivity contribution in [2.24, 2.45) is 0 Å². The lowest BCUT2D eigenvalue weighted by Crippen LogP contribution is -2.54. The largest absolute Gasteiger partial charge is 0.365 e. The summed E-state index contributed by atoms with van der Waals surface area (Å²) < 4.78 is 0. The highest BCUT2D eigenvalue weighted by Gasteiger charge is 2.26. The van der Waals surface area contributed by atoms with Gasteiger partial charge in [0.25, 0.3) is 0 Å². The first kappa shape index (κ1) is 18.0. The highest BCUT2D eigenvalue weighted by atomic mass is 16.2. The lowest BCUT2D eigenvalue weighted by molar-refractivity contribution is 0.101. The van der Waals surface area contributed by atoms with Gasteiger partial charge in [-0.05, 0) is 57.2 Å². The average molecular weight is 351 g/mol. The summed E-state index contributed by atoms with van der Waals surface area (Å²) in [5.74, 6) is 0.0175. The summed E-state index contributed by atoms with van der Waals surface area (Å²) in [5.41, 5.74) is 3.79. The summed E-state index contributed by atoms with van der Waals surface area (Å²) in [6, 6.07) is 15.6. The highest BCUT2D eigenvalue weighted by Crippen LogP contribution is 2.21. The van der Waals surface area contributed by atoms with Crippen LogP contribution in [0.3, 0.4) is 0 Å². The van der Waals surface area contributed by atoms with E-state index in [4.69, 9.17) is 0 Å². The number of benzene rings is 2. The van der Waals surface area contributed by atoms with Crippen molar-refractivity contribution in [3.8, 4) is 0 Å². The number of amides is 2. The number of nitrogens with zero attached hydrogens (tertiary/aromatic N) is 2. The Balaban J connectivity index is 1.60. The molecule has 1 aliphatic rings. The monoisotopic (exact) mass is 351 g/mol. The molecule has 5 nitrogen and oxygen atoms in total. The Bertz CT molecular complexity index is 784. The molecule has 0 radical (unpaired) electrons. The second-order valence-corrected chi connectivity index (χ2v) is 6.89. The molecule has 1 saturated heterocycles. The van der Waals surface area contributed by atoms with Crippen LogP contribution in [-0.4, -0.2) is 42.4 Å². The number of ketones is 1. The maximum Gasteiger partial charge on any atom is 0.321 e. The van der Waals surface area contributed by atoms with Crippen LogP contribution in [0.15, 0.2) is 48.5 Å². The second kappa shape index (κ2) is 7.60. The van der Waals surface area contributed by atoms with E-state index in [1.807, 2.05) is 4.90 Å². The topological polar surface area (TPSA) is 52.7 Å². The molecule has 1 N–H and O–H groups in total. The van der Waals surface area contributed by atoms with Crippen molar-refractivity contribution in [2.75, 3.05) is 29.9 Å². The Hall–Kier alpha value is -2.82. The molecule has 0 aliphatic carbocycles. The number of rotatable bonds is 3. The van der Waals surface area contributed by atoms with E-state index in [-0.39, 0.29) is 17.9 Å². The summed E-state index contributed by atoms with van der Waals surface area (Å²) in [6.07, 6.45) is 0. The highest BCUT2D eigenvalue weighted by molar-refractivity contribution is 5.95. The third kappa shape index (κ3) is 4.04. The van der Waals surface area contributed by atoms with Crippen molar-refractivity contribution in [2.45, 2.75) is 26.8 Å². The van der Waals surface area contributed by atoms with Gasteiger partial charge >= 0.3 is 6.03 Å². The second-order valence-electron chi connectivity index (χ2n) is 6.89. The first-order valence-corrected chi connectivity index (χ1v) is 8.94. The van der Waals surface area contributed by atoms with Crippen molar-refractivity contribution < 1.29 is 9.59 Å². The Kier molecular flexibility index (Phi) is 5.26. The Morgan fingerprint density at radius 1 is 1.00 bits per heavy atom. The van der Waals surface area contributed by atoms with Crippen LogP contribution in [0, 0.1) is 6.92 Å². The van der Waals surface area contributed by atoms with Gasteiger partial charge < -0.3 is 15.1 Å². The summed E-state index contributed by atoms with van der Waals surface area (Å²) in [6.45, 7) is 7.91. The van der Waals surface area contributed by atoms with E-state index in [0.29, 0.717) is 24.3 Å². The maximum atomic E-state index is 12.5. The van der Waals surface area contributed by atoms with Gasteiger partial charge in [-0.3, -0.25) is 4.79 Å². The molecule has 1 heterocycles. The van der Waals surface area contributed by atoms with Crippen LogP contribution in [0.4, 0.5) is 16.2 Å². The van der Waals surface area contributed by atoms with Gasteiger partial charge in [-0.2, -0.15) is 0 Å². The Labute approximate surface area is 154 Å². The third-order valence-electron chi connectivity index (χ3n) is 4.82. The molecule has 1 fully saturated rings. The van der Waals surface area contributed by atoms with Crippen LogP contribution in [-0.2, 0) is 0 Å². The average Bonchev–Trinajstić information content (AvgIpc) is 2.63. The minimum atomic E-state index is -0.101. The molecule has 0 bridgehead atoms. The lowest BCUT2D eigenvalue weighted by Gasteiger charge is -2.41. The quantitative estimate of drug-likeness (QED) is 0.852. The molecule has 0 spiro atoms. The van der Waals surface area contributed by atoms with E-state index in [9.17, 15) is 9.59 Å². The normalized spacial score (nSPS) is 17.1. The van der Waals surface area contributed by atoms with Crippen molar-refractivity contribution in [3.63, 3.8) is 0 Å². The molecular formula is C21H25N3O2. The fourth-order valence-corrected chi connectivity index (χ4v) is 3.25. The van der Waals surface area contributed by atoms with Gasteiger partial charge in [0, 0.05) is 42.6 Å². The van der Waals surface area contributed by atoms with Crippen LogP contribution in [0.1, 0.15) is 29.8 Å². The van der Waals surface area contributed by atoms with Crippen molar-refractivity contribution in [3.05, 3.63) is 59.7 Å². The molecule has 0 aromatic heterocycles. The van der Waals surface area contributed by atoms with Crippen LogP contribution in [0.25, 0.3) is 0 Å². The molecule has 5 heteroatoms. The number of anilines is 2. The number of piperazine rings is 1. The van der Waals surface area contributed by atoms with E-state index in [1.165, 1.54) is 18.2 Å². The number of hydrogen-bond acceptors (Lipinski definition) is 3. The smallest absolute Gasteiger partial charge is 0.321 e. The first-order chi connectivity index (χ1) is 12.4. The van der Waals surface area contributed by atoms with Crippen molar-refractivity contribution >= 4 is 23.2 Å². The molecule has 2 amide bonds. The molecular weight excluding hydrogens is 326 g/mol. The zero-order valence-corrected chi connectivity index (χ0v) is 15.5. The number of aryl methyl sites for hydroxylation is 1. The number of Topliss-reactive ketones (excluding diaryl/α,β-unsaturated/α-hetero) is 1. The third-order valence-corrected chi connectivity index (χ3v) is 4.82. The molecule has 26 heavy (non-hydrogen) atoms. The van der Waals surface area contributed by atoms with Gasteiger partial charge in [-0.15, -0.1) is 0 Å². The SMILES string of the molecule is CC(=O)c1ccc(NC(=O)N2CCN(c3ccc(C)cc3)C(C)C2)cc1. The first-order valence-electron chi connectivity index (χ1n) is 8.94. The Morgan fingerprint density at radius 3 is 2.23 bits per heavy atom. The van der Waals surface area contributed by atoms with Gasteiger partial charge in [-0.1, -0.05) is 17.7 Å². The molecule has 136 valence electrons. The minimum Gasteiger partial charge on any atom is -0.365 e. The van der Waals surface area contributed by atoms with E-state index in [1.54, 1.807) is 24.3 Å². The van der Waals surface area contributed by atoms with Gasteiger partial charge in [0.05, 0.1) is 0 Å². The minimum absolute atomic E-state index is 0.0175. The van der Waals surface area contributed by atoms with Gasteiger partial charge in [0.15, 0.2) is 5.78 Å². The number of urea groups is 1.